The first kappa shape index (κ1) is 23.4. The first-order valence-corrected chi connectivity index (χ1v) is 10.1. The standard InChI is InChI=1S/C26H28N2O.ClH/c27-25(20-24-14-8-3-9-15-24)21-28(19-18-23-12-6-2-7-13-23)26(29)17-16-22-10-4-1-5-11-22;/h1-17,25H,18-21,27H2;1H/b17-16+;/t25-;/m0./s1. The van der Waals surface area contributed by atoms with E-state index in [0.717, 1.165) is 18.4 Å². The van der Waals surface area contributed by atoms with Crippen LogP contribution in [0.3, 0.4) is 0 Å². The van der Waals surface area contributed by atoms with Gasteiger partial charge in [0.2, 0.25) is 5.91 Å². The zero-order valence-electron chi connectivity index (χ0n) is 17.1. The lowest BCUT2D eigenvalue weighted by Crippen LogP contribution is -2.42. The molecule has 0 aliphatic carbocycles. The smallest absolute Gasteiger partial charge is 0.246 e. The quantitative estimate of drug-likeness (QED) is 0.507. The van der Waals surface area contributed by atoms with Crippen molar-refractivity contribution >= 4 is 24.4 Å². The van der Waals surface area contributed by atoms with E-state index in [2.05, 4.69) is 24.3 Å². The number of rotatable bonds is 9. The Balaban J connectivity index is 0.00000320. The van der Waals surface area contributed by atoms with Crippen molar-refractivity contribution in [3.05, 3.63) is 114 Å². The zero-order valence-corrected chi connectivity index (χ0v) is 17.9. The molecule has 0 unspecified atom stereocenters. The van der Waals surface area contributed by atoms with E-state index in [4.69, 9.17) is 5.73 Å². The summed E-state index contributed by atoms with van der Waals surface area (Å²) in [5, 5.41) is 0. The van der Waals surface area contributed by atoms with Crippen molar-refractivity contribution < 1.29 is 4.79 Å². The van der Waals surface area contributed by atoms with Crippen molar-refractivity contribution in [2.45, 2.75) is 18.9 Å². The largest absolute Gasteiger partial charge is 0.337 e. The summed E-state index contributed by atoms with van der Waals surface area (Å²) in [6.07, 6.45) is 5.07. The zero-order chi connectivity index (χ0) is 20.3. The van der Waals surface area contributed by atoms with Crippen LogP contribution in [0.4, 0.5) is 0 Å². The fourth-order valence-electron chi connectivity index (χ4n) is 3.30. The monoisotopic (exact) mass is 420 g/mol. The molecule has 4 heteroatoms. The predicted octanol–water partition coefficient (Wildman–Crippen LogP) is 4.76. The van der Waals surface area contributed by atoms with E-state index >= 15 is 0 Å². The number of hydrogen-bond acceptors (Lipinski definition) is 2. The average molecular weight is 421 g/mol. The molecule has 0 fully saturated rings. The number of amides is 1. The molecule has 3 rings (SSSR count). The maximum Gasteiger partial charge on any atom is 0.246 e. The third-order valence-corrected chi connectivity index (χ3v) is 4.84. The van der Waals surface area contributed by atoms with Gasteiger partial charge in [0.1, 0.15) is 0 Å². The molecular formula is C26H29ClN2O. The molecule has 0 saturated heterocycles. The van der Waals surface area contributed by atoms with Gasteiger partial charge in [-0.05, 0) is 35.6 Å². The van der Waals surface area contributed by atoms with Crippen molar-refractivity contribution in [1.29, 1.82) is 0 Å². The summed E-state index contributed by atoms with van der Waals surface area (Å²) in [4.78, 5) is 14.8. The average Bonchev–Trinajstić information content (AvgIpc) is 2.77. The van der Waals surface area contributed by atoms with Gasteiger partial charge in [0.25, 0.3) is 0 Å². The van der Waals surface area contributed by atoms with Crippen molar-refractivity contribution in [2.24, 2.45) is 5.73 Å². The number of nitrogens with two attached hydrogens (primary N) is 1. The molecule has 0 saturated carbocycles. The Kier molecular flexibility index (Phi) is 9.85. The van der Waals surface area contributed by atoms with Crippen LogP contribution in [0.5, 0.6) is 0 Å². The Morgan fingerprint density at radius 2 is 1.37 bits per heavy atom. The molecular weight excluding hydrogens is 392 g/mol. The molecule has 0 aromatic heterocycles. The number of halogens is 1. The molecule has 0 aliphatic rings. The molecule has 2 N–H and O–H groups in total. The molecule has 3 aromatic carbocycles. The second-order valence-corrected chi connectivity index (χ2v) is 7.21. The lowest BCUT2D eigenvalue weighted by atomic mass is 10.1. The molecule has 30 heavy (non-hydrogen) atoms. The highest BCUT2D eigenvalue weighted by atomic mass is 35.5. The van der Waals surface area contributed by atoms with Crippen LogP contribution in [0.25, 0.3) is 6.08 Å². The summed E-state index contributed by atoms with van der Waals surface area (Å²) >= 11 is 0. The highest BCUT2D eigenvalue weighted by Gasteiger charge is 2.15. The summed E-state index contributed by atoms with van der Waals surface area (Å²) in [6.45, 7) is 1.17. The second kappa shape index (κ2) is 12.6. The molecule has 1 amide bonds. The van der Waals surface area contributed by atoms with Crippen LogP contribution >= 0.6 is 12.4 Å². The highest BCUT2D eigenvalue weighted by molar-refractivity contribution is 5.91. The Morgan fingerprint density at radius 1 is 0.833 bits per heavy atom. The van der Waals surface area contributed by atoms with E-state index in [-0.39, 0.29) is 24.4 Å². The summed E-state index contributed by atoms with van der Waals surface area (Å²) in [5.74, 6) is -0.00621. The molecule has 0 bridgehead atoms. The summed E-state index contributed by atoms with van der Waals surface area (Å²) in [6, 6.07) is 30.2. The van der Waals surface area contributed by atoms with Gasteiger partial charge in [0.05, 0.1) is 0 Å². The Hall–Kier alpha value is -2.88. The maximum atomic E-state index is 12.9. The third kappa shape index (κ3) is 7.86. The van der Waals surface area contributed by atoms with Gasteiger partial charge >= 0.3 is 0 Å². The summed E-state index contributed by atoms with van der Waals surface area (Å²) in [5.41, 5.74) is 9.82. The van der Waals surface area contributed by atoms with Crippen LogP contribution in [0.15, 0.2) is 97.1 Å². The third-order valence-electron chi connectivity index (χ3n) is 4.84. The van der Waals surface area contributed by atoms with Gasteiger partial charge in [-0.1, -0.05) is 91.0 Å². The van der Waals surface area contributed by atoms with Crippen LogP contribution in [0.1, 0.15) is 16.7 Å². The van der Waals surface area contributed by atoms with Gasteiger partial charge in [-0.2, -0.15) is 0 Å². The van der Waals surface area contributed by atoms with Crippen LogP contribution in [0, 0.1) is 0 Å². The number of carbonyl (C=O) groups excluding carboxylic acids is 1. The van der Waals surface area contributed by atoms with Crippen LogP contribution in [-0.2, 0) is 17.6 Å². The van der Waals surface area contributed by atoms with Crippen molar-refractivity contribution in [3.8, 4) is 0 Å². The Labute approximate surface area is 185 Å². The van der Waals surface area contributed by atoms with E-state index < -0.39 is 0 Å². The first-order valence-electron chi connectivity index (χ1n) is 10.1. The predicted molar refractivity (Wildman–Crippen MR) is 128 cm³/mol. The minimum absolute atomic E-state index is 0. The second-order valence-electron chi connectivity index (χ2n) is 7.21. The van der Waals surface area contributed by atoms with Gasteiger partial charge in [0.15, 0.2) is 0 Å². The van der Waals surface area contributed by atoms with Gasteiger partial charge in [-0.3, -0.25) is 4.79 Å². The molecule has 1 atom stereocenters. The van der Waals surface area contributed by atoms with Crippen LogP contribution in [0.2, 0.25) is 0 Å². The van der Waals surface area contributed by atoms with Gasteiger partial charge in [-0.15, -0.1) is 12.4 Å². The van der Waals surface area contributed by atoms with Gasteiger partial charge in [-0.25, -0.2) is 0 Å². The lowest BCUT2D eigenvalue weighted by Gasteiger charge is -2.25. The van der Waals surface area contributed by atoms with E-state index in [1.807, 2.05) is 77.7 Å². The van der Waals surface area contributed by atoms with Gasteiger partial charge in [0, 0.05) is 25.2 Å². The van der Waals surface area contributed by atoms with E-state index in [1.54, 1.807) is 6.08 Å². The van der Waals surface area contributed by atoms with Crippen LogP contribution in [-0.4, -0.2) is 29.9 Å². The number of hydrogen-bond donors (Lipinski definition) is 1. The summed E-state index contributed by atoms with van der Waals surface area (Å²) in [7, 11) is 0. The minimum Gasteiger partial charge on any atom is -0.337 e. The van der Waals surface area contributed by atoms with E-state index in [1.165, 1.54) is 11.1 Å². The maximum absolute atomic E-state index is 12.9. The van der Waals surface area contributed by atoms with Crippen molar-refractivity contribution in [3.63, 3.8) is 0 Å². The normalized spacial score (nSPS) is 11.6. The summed E-state index contributed by atoms with van der Waals surface area (Å²) < 4.78 is 0. The number of benzene rings is 3. The molecule has 156 valence electrons. The minimum atomic E-state index is -0.109. The number of nitrogens with zero attached hydrogens (tertiary/aromatic N) is 1. The molecule has 0 radical (unpaired) electrons. The van der Waals surface area contributed by atoms with Crippen molar-refractivity contribution in [2.75, 3.05) is 13.1 Å². The van der Waals surface area contributed by atoms with Crippen LogP contribution < -0.4 is 5.73 Å². The molecule has 0 aliphatic heterocycles. The molecule has 3 aromatic rings. The molecule has 0 spiro atoms. The first-order chi connectivity index (χ1) is 14.2. The fraction of sp³-hybridized carbons (Fsp3) is 0.192. The highest BCUT2D eigenvalue weighted by Crippen LogP contribution is 2.08. The number of carbonyl (C=O) groups is 1. The van der Waals surface area contributed by atoms with E-state index in [9.17, 15) is 4.79 Å². The topological polar surface area (TPSA) is 46.3 Å². The van der Waals surface area contributed by atoms with E-state index in [0.29, 0.717) is 13.1 Å². The van der Waals surface area contributed by atoms with Crippen molar-refractivity contribution in [1.82, 2.24) is 4.90 Å². The molecule has 3 nitrogen and oxygen atoms in total. The molecule has 0 heterocycles. The SMILES string of the molecule is Cl.N[C@@H](Cc1ccccc1)CN(CCc1ccccc1)C(=O)/C=C/c1ccccc1. The fourth-order valence-corrected chi connectivity index (χ4v) is 3.30. The Morgan fingerprint density at radius 3 is 1.97 bits per heavy atom. The lowest BCUT2D eigenvalue weighted by molar-refractivity contribution is -0.126. The van der Waals surface area contributed by atoms with Gasteiger partial charge < -0.3 is 10.6 Å². The Bertz CT molecular complexity index is 898.